The second-order valence-corrected chi connectivity index (χ2v) is 15.9. The Morgan fingerprint density at radius 2 is 1.60 bits per heavy atom. The Bertz CT molecular complexity index is 820. The smallest absolute Gasteiger partial charge is 0.306 e. The molecule has 4 aliphatic carbocycles. The lowest BCUT2D eigenvalue weighted by molar-refractivity contribution is -0.162. The summed E-state index contributed by atoms with van der Waals surface area (Å²) in [5.41, 5.74) is 1.00. The van der Waals surface area contributed by atoms with Crippen LogP contribution < -0.4 is 0 Å². The molecule has 0 aromatic heterocycles. The van der Waals surface area contributed by atoms with Crippen LogP contribution in [0.4, 0.5) is 0 Å². The molecule has 0 spiro atoms. The fraction of sp³-hybridized carbons (Fsp3) is 0.946. The molecule has 230 valence electrons. The van der Waals surface area contributed by atoms with Crippen LogP contribution >= 0.6 is 0 Å². The molecule has 3 heteroatoms. The molecule has 0 N–H and O–H groups in total. The zero-order chi connectivity index (χ0) is 28.9. The molecule has 2 unspecified atom stereocenters. The second kappa shape index (κ2) is 14.1. The maximum Gasteiger partial charge on any atom is 0.306 e. The number of esters is 1. The number of hydrogen-bond acceptors (Lipinski definition) is 3. The Hall–Kier alpha value is -0.860. The molecule has 0 saturated heterocycles. The highest BCUT2D eigenvalue weighted by Crippen LogP contribution is 2.68. The lowest BCUT2D eigenvalue weighted by Crippen LogP contribution is -2.54. The van der Waals surface area contributed by atoms with E-state index in [2.05, 4.69) is 41.5 Å². The van der Waals surface area contributed by atoms with Crippen LogP contribution in [0.2, 0.25) is 0 Å². The van der Waals surface area contributed by atoms with Gasteiger partial charge in [0.1, 0.15) is 12.4 Å². The summed E-state index contributed by atoms with van der Waals surface area (Å²) in [5, 5.41) is 0. The summed E-state index contributed by atoms with van der Waals surface area (Å²) in [7, 11) is 0. The normalized spacial score (nSPS) is 38.7. The summed E-state index contributed by atoms with van der Waals surface area (Å²) >= 11 is 0. The Morgan fingerprint density at radius 3 is 2.33 bits per heavy atom. The zero-order valence-electron chi connectivity index (χ0n) is 27.2. The van der Waals surface area contributed by atoms with E-state index in [-0.39, 0.29) is 12.1 Å². The predicted molar refractivity (Wildman–Crippen MR) is 166 cm³/mol. The number of ether oxygens (including phenoxy) is 1. The van der Waals surface area contributed by atoms with Crippen LogP contribution in [-0.2, 0) is 14.3 Å². The van der Waals surface area contributed by atoms with Gasteiger partial charge < -0.3 is 9.53 Å². The Kier molecular flexibility index (Phi) is 11.3. The number of hydrogen-bond donors (Lipinski definition) is 0. The van der Waals surface area contributed by atoms with Gasteiger partial charge in [-0.3, -0.25) is 4.79 Å². The summed E-state index contributed by atoms with van der Waals surface area (Å²) in [6.45, 7) is 15.2. The molecule has 0 aliphatic heterocycles. The Labute approximate surface area is 247 Å². The number of rotatable bonds is 14. The van der Waals surface area contributed by atoms with Crippen LogP contribution in [-0.4, -0.2) is 18.4 Å². The van der Waals surface area contributed by atoms with Crippen LogP contribution in [0, 0.1) is 58.2 Å². The maximum atomic E-state index is 12.6. The van der Waals surface area contributed by atoms with Gasteiger partial charge in [0.25, 0.3) is 0 Å². The molecule has 0 bridgehead atoms. The minimum absolute atomic E-state index is 0.0101. The quantitative estimate of drug-likeness (QED) is 0.121. The van der Waals surface area contributed by atoms with Crippen molar-refractivity contribution in [3.05, 3.63) is 0 Å². The summed E-state index contributed by atoms with van der Waals surface area (Å²) in [5.74, 6) is 6.99. The van der Waals surface area contributed by atoms with Gasteiger partial charge in [-0.15, -0.1) is 0 Å². The highest BCUT2D eigenvalue weighted by atomic mass is 16.5. The van der Waals surface area contributed by atoms with Gasteiger partial charge in [-0.1, -0.05) is 67.2 Å². The van der Waals surface area contributed by atoms with Crippen LogP contribution in [0.5, 0.6) is 0 Å². The van der Waals surface area contributed by atoms with Crippen molar-refractivity contribution in [3.63, 3.8) is 0 Å². The molecule has 4 fully saturated rings. The number of carbonyl (C=O) groups excluding carboxylic acids is 2. The Morgan fingerprint density at radius 1 is 0.875 bits per heavy atom. The average molecular weight is 557 g/mol. The van der Waals surface area contributed by atoms with Gasteiger partial charge in [0.15, 0.2) is 0 Å². The largest absolute Gasteiger partial charge is 0.462 e. The van der Waals surface area contributed by atoms with Gasteiger partial charge in [0.2, 0.25) is 0 Å². The third-order valence-corrected chi connectivity index (χ3v) is 13.6. The fourth-order valence-electron chi connectivity index (χ4n) is 11.1. The molecule has 0 aromatic rings. The minimum atomic E-state index is 0.0101. The van der Waals surface area contributed by atoms with Crippen LogP contribution in [0.1, 0.15) is 157 Å². The summed E-state index contributed by atoms with van der Waals surface area (Å²) in [6.07, 6.45) is 22.4. The number of aldehydes is 1. The molecule has 0 aromatic carbocycles. The van der Waals surface area contributed by atoms with E-state index in [1.165, 1.54) is 64.2 Å². The lowest BCUT2D eigenvalue weighted by Gasteiger charge is -2.61. The summed E-state index contributed by atoms with van der Waals surface area (Å²) in [6, 6.07) is 0. The van der Waals surface area contributed by atoms with Crippen LogP contribution in [0.3, 0.4) is 0 Å². The molecule has 10 atom stereocenters. The van der Waals surface area contributed by atoms with Crippen molar-refractivity contribution < 1.29 is 14.3 Å². The van der Waals surface area contributed by atoms with Gasteiger partial charge in [-0.05, 0) is 135 Å². The van der Waals surface area contributed by atoms with Crippen LogP contribution in [0.15, 0.2) is 0 Å². The monoisotopic (exact) mass is 556 g/mol. The van der Waals surface area contributed by atoms with Gasteiger partial charge in [0, 0.05) is 12.8 Å². The van der Waals surface area contributed by atoms with Gasteiger partial charge in [-0.2, -0.15) is 0 Å². The van der Waals surface area contributed by atoms with E-state index >= 15 is 0 Å². The van der Waals surface area contributed by atoms with Crippen molar-refractivity contribution in [1.29, 1.82) is 0 Å². The van der Waals surface area contributed by atoms with E-state index in [0.29, 0.717) is 23.7 Å². The summed E-state index contributed by atoms with van der Waals surface area (Å²) in [4.78, 5) is 23.0. The first-order chi connectivity index (χ1) is 19.1. The zero-order valence-corrected chi connectivity index (χ0v) is 27.2. The third-order valence-electron chi connectivity index (χ3n) is 13.6. The van der Waals surface area contributed by atoms with E-state index in [1.54, 1.807) is 0 Å². The lowest BCUT2D eigenvalue weighted by atomic mass is 9.44. The highest BCUT2D eigenvalue weighted by Gasteiger charge is 2.60. The predicted octanol–water partition coefficient (Wildman–Crippen LogP) is 10.2. The Balaban J connectivity index is 1.29. The maximum absolute atomic E-state index is 12.6. The second-order valence-electron chi connectivity index (χ2n) is 15.9. The molecule has 4 aliphatic rings. The number of unbranched alkanes of at least 4 members (excludes halogenated alkanes) is 4. The van der Waals surface area contributed by atoms with E-state index in [0.717, 1.165) is 92.2 Å². The van der Waals surface area contributed by atoms with E-state index in [9.17, 15) is 9.59 Å². The number of fused-ring (bicyclic) bond motifs is 5. The average Bonchev–Trinajstić information content (AvgIpc) is 3.28. The van der Waals surface area contributed by atoms with Crippen molar-refractivity contribution in [2.75, 3.05) is 0 Å². The first kappa shape index (κ1) is 32.1. The molecule has 0 heterocycles. The van der Waals surface area contributed by atoms with Crippen molar-refractivity contribution >= 4 is 12.3 Å². The molecule has 4 rings (SSSR count). The van der Waals surface area contributed by atoms with Crippen molar-refractivity contribution in [1.82, 2.24) is 0 Å². The molecule has 3 nitrogen and oxygen atoms in total. The van der Waals surface area contributed by atoms with E-state index in [4.69, 9.17) is 4.74 Å². The molecular weight excluding hydrogens is 492 g/mol. The minimum Gasteiger partial charge on any atom is -0.462 e. The number of carbonyl (C=O) groups is 2. The SMILES string of the molecule is CC[C@H](CC[C@@H](C)[C@H]1CC[C@H]2[C@@H]3CCC4CC(OC(=O)CCCCCCC=O)CC[C@]4(C)[C@H]3CC[C@]12C)C(C)C. The standard InChI is InChI=1S/C37H64O3/c1-7-28(26(2)3)15-14-27(4)32-18-19-33-31-17-16-29-25-30(40-35(39)13-11-9-8-10-12-24-38)20-22-36(29,5)34(31)21-23-37(32,33)6/h24,26-34H,7-23,25H2,1-6H3/t27-,28-,29?,30?,31+,32-,33+,34+,36+,37-/m1/s1. The summed E-state index contributed by atoms with van der Waals surface area (Å²) < 4.78 is 6.04. The van der Waals surface area contributed by atoms with Crippen LogP contribution in [0.25, 0.3) is 0 Å². The molecule has 4 saturated carbocycles. The molecular formula is C37H64O3. The molecule has 0 amide bonds. The van der Waals surface area contributed by atoms with Crippen molar-refractivity contribution in [2.24, 2.45) is 58.2 Å². The van der Waals surface area contributed by atoms with Gasteiger partial charge >= 0.3 is 5.97 Å². The molecule has 40 heavy (non-hydrogen) atoms. The molecule has 0 radical (unpaired) electrons. The first-order valence-corrected chi connectivity index (χ1v) is 17.8. The van der Waals surface area contributed by atoms with Crippen molar-refractivity contribution in [3.8, 4) is 0 Å². The van der Waals surface area contributed by atoms with Crippen molar-refractivity contribution in [2.45, 2.75) is 163 Å². The van der Waals surface area contributed by atoms with Gasteiger partial charge in [0.05, 0.1) is 0 Å². The van der Waals surface area contributed by atoms with E-state index < -0.39 is 0 Å². The fourth-order valence-corrected chi connectivity index (χ4v) is 11.1. The first-order valence-electron chi connectivity index (χ1n) is 17.8. The third kappa shape index (κ3) is 6.85. The van der Waals surface area contributed by atoms with E-state index in [1.807, 2.05) is 0 Å². The highest BCUT2D eigenvalue weighted by molar-refractivity contribution is 5.69. The topological polar surface area (TPSA) is 43.4 Å². The van der Waals surface area contributed by atoms with Gasteiger partial charge in [-0.25, -0.2) is 0 Å².